The van der Waals surface area contributed by atoms with E-state index < -0.39 is 24.7 Å². The molecule has 0 bridgehead atoms. The number of likely N-dealkylation sites (tertiary alicyclic amines) is 1. The summed E-state index contributed by atoms with van der Waals surface area (Å²) >= 11 is 0. The number of nitrogens with one attached hydrogen (secondary N) is 1. The van der Waals surface area contributed by atoms with Gasteiger partial charge in [-0.3, -0.25) is 4.79 Å². The van der Waals surface area contributed by atoms with Crippen molar-refractivity contribution in [1.29, 1.82) is 0 Å². The molecule has 2 amide bonds. The number of nitrogens with zero attached hydrogens (tertiary/aromatic N) is 1. The molecule has 1 fully saturated rings. The van der Waals surface area contributed by atoms with Crippen LogP contribution in [0.5, 0.6) is 0 Å². The number of fused-ring (bicyclic) bond motifs is 3. The molecule has 0 unspecified atom stereocenters. The zero-order valence-corrected chi connectivity index (χ0v) is 18.7. The predicted molar refractivity (Wildman–Crippen MR) is 121 cm³/mol. The third-order valence-corrected chi connectivity index (χ3v) is 6.15. The molecule has 0 spiro atoms. The molecule has 33 heavy (non-hydrogen) atoms. The monoisotopic (exact) mass is 452 g/mol. The number of alkyl carbamates (subject to hydrolysis) is 1. The first-order valence-corrected chi connectivity index (χ1v) is 11.1. The van der Waals surface area contributed by atoms with Crippen LogP contribution in [-0.4, -0.2) is 66.4 Å². The van der Waals surface area contributed by atoms with Gasteiger partial charge in [0.15, 0.2) is 0 Å². The van der Waals surface area contributed by atoms with Gasteiger partial charge in [0, 0.05) is 19.0 Å². The standard InChI is InChI=1S/C25H28N2O6/c1-15(2)23(24(30)27-11-16(12-27)32-14-22(28)29)26-25(31)33-13-21-19-9-5-3-7-17(19)18-8-4-6-10-20(18)21/h3-10,15-16,21,23H,11-14H2,1-2H3,(H,26,31)(H,28,29)/t23-/m1/s1. The van der Waals surface area contributed by atoms with E-state index in [1.165, 1.54) is 0 Å². The summed E-state index contributed by atoms with van der Waals surface area (Å²) in [6.45, 7) is 4.10. The number of hydrogen-bond donors (Lipinski definition) is 2. The number of amides is 2. The third-order valence-electron chi connectivity index (χ3n) is 6.15. The van der Waals surface area contributed by atoms with Crippen LogP contribution in [0, 0.1) is 5.92 Å². The van der Waals surface area contributed by atoms with E-state index in [2.05, 4.69) is 29.6 Å². The number of rotatable bonds is 8. The van der Waals surface area contributed by atoms with E-state index >= 15 is 0 Å². The van der Waals surface area contributed by atoms with E-state index in [-0.39, 0.29) is 30.5 Å². The number of carboxylic acid groups (broad SMARTS) is 1. The quantitative estimate of drug-likeness (QED) is 0.638. The van der Waals surface area contributed by atoms with Crippen LogP contribution in [0.15, 0.2) is 48.5 Å². The normalized spacial score (nSPS) is 16.0. The molecule has 2 aromatic rings. The summed E-state index contributed by atoms with van der Waals surface area (Å²) in [5.74, 6) is -1.47. The fourth-order valence-electron chi connectivity index (χ4n) is 4.39. The minimum atomic E-state index is -1.04. The zero-order valence-electron chi connectivity index (χ0n) is 18.7. The molecule has 0 radical (unpaired) electrons. The zero-order chi connectivity index (χ0) is 23.5. The van der Waals surface area contributed by atoms with Crippen molar-refractivity contribution >= 4 is 18.0 Å². The van der Waals surface area contributed by atoms with Gasteiger partial charge in [0.05, 0.1) is 6.10 Å². The number of hydrogen-bond acceptors (Lipinski definition) is 5. The van der Waals surface area contributed by atoms with Crippen molar-refractivity contribution in [2.24, 2.45) is 5.92 Å². The minimum Gasteiger partial charge on any atom is -0.480 e. The molecule has 1 aliphatic heterocycles. The van der Waals surface area contributed by atoms with E-state index in [4.69, 9.17) is 14.6 Å². The second kappa shape index (κ2) is 9.62. The average Bonchev–Trinajstić information content (AvgIpc) is 3.08. The number of aliphatic carboxylic acids is 1. The second-order valence-electron chi connectivity index (χ2n) is 8.76. The Morgan fingerprint density at radius 1 is 1.03 bits per heavy atom. The van der Waals surface area contributed by atoms with Gasteiger partial charge in [0.25, 0.3) is 0 Å². The molecule has 1 atom stereocenters. The van der Waals surface area contributed by atoms with E-state index in [1.807, 2.05) is 38.1 Å². The third kappa shape index (κ3) is 4.85. The number of ether oxygens (including phenoxy) is 2. The van der Waals surface area contributed by atoms with Gasteiger partial charge in [0.2, 0.25) is 5.91 Å². The fraction of sp³-hybridized carbons (Fsp3) is 0.400. The largest absolute Gasteiger partial charge is 0.480 e. The molecule has 1 heterocycles. The lowest BCUT2D eigenvalue weighted by atomic mass is 9.98. The smallest absolute Gasteiger partial charge is 0.407 e. The molecule has 0 saturated carbocycles. The Balaban J connectivity index is 1.34. The molecular weight excluding hydrogens is 424 g/mol. The highest BCUT2D eigenvalue weighted by atomic mass is 16.5. The summed E-state index contributed by atoms with van der Waals surface area (Å²) in [6, 6.07) is 15.5. The molecule has 0 aromatic heterocycles. The van der Waals surface area contributed by atoms with Gasteiger partial charge >= 0.3 is 12.1 Å². The molecule has 2 aromatic carbocycles. The number of benzene rings is 2. The molecule has 174 valence electrons. The van der Waals surface area contributed by atoms with E-state index in [9.17, 15) is 14.4 Å². The van der Waals surface area contributed by atoms with Crippen molar-refractivity contribution in [3.8, 4) is 11.1 Å². The van der Waals surface area contributed by atoms with Crippen LogP contribution in [0.3, 0.4) is 0 Å². The number of carbonyl (C=O) groups excluding carboxylic acids is 2. The van der Waals surface area contributed by atoms with Crippen LogP contribution in [0.1, 0.15) is 30.9 Å². The van der Waals surface area contributed by atoms with Crippen LogP contribution in [0.25, 0.3) is 11.1 Å². The molecular formula is C25H28N2O6. The van der Waals surface area contributed by atoms with Gasteiger partial charge in [-0.1, -0.05) is 62.4 Å². The van der Waals surface area contributed by atoms with E-state index in [0.29, 0.717) is 13.1 Å². The molecule has 2 N–H and O–H groups in total. The van der Waals surface area contributed by atoms with Crippen LogP contribution < -0.4 is 5.32 Å². The Labute approximate surface area is 192 Å². The molecule has 8 nitrogen and oxygen atoms in total. The number of carboxylic acids is 1. The first-order chi connectivity index (χ1) is 15.8. The van der Waals surface area contributed by atoms with Crippen LogP contribution in [-0.2, 0) is 19.1 Å². The Morgan fingerprint density at radius 3 is 2.15 bits per heavy atom. The molecule has 2 aliphatic rings. The SMILES string of the molecule is CC(C)[C@@H](NC(=O)OCC1c2ccccc2-c2ccccc21)C(=O)N1CC(OCC(=O)O)C1. The highest BCUT2D eigenvalue weighted by Crippen LogP contribution is 2.44. The van der Waals surface area contributed by atoms with Crippen LogP contribution in [0.2, 0.25) is 0 Å². The van der Waals surface area contributed by atoms with Crippen molar-refractivity contribution < 1.29 is 29.0 Å². The highest BCUT2D eigenvalue weighted by Gasteiger charge is 2.37. The van der Waals surface area contributed by atoms with Gasteiger partial charge < -0.3 is 24.8 Å². The van der Waals surface area contributed by atoms with Crippen molar-refractivity contribution in [3.05, 3.63) is 59.7 Å². The first kappa shape index (κ1) is 22.8. The van der Waals surface area contributed by atoms with Crippen molar-refractivity contribution in [1.82, 2.24) is 10.2 Å². The maximum atomic E-state index is 12.9. The lowest BCUT2D eigenvalue weighted by Gasteiger charge is -2.41. The van der Waals surface area contributed by atoms with E-state index in [0.717, 1.165) is 22.3 Å². The lowest BCUT2D eigenvalue weighted by molar-refractivity contribution is -0.156. The van der Waals surface area contributed by atoms with Crippen molar-refractivity contribution in [2.45, 2.75) is 31.9 Å². The van der Waals surface area contributed by atoms with Gasteiger partial charge in [0.1, 0.15) is 19.3 Å². The predicted octanol–water partition coefficient (Wildman–Crippen LogP) is 2.86. The topological polar surface area (TPSA) is 105 Å². The molecule has 4 rings (SSSR count). The summed E-state index contributed by atoms with van der Waals surface area (Å²) in [4.78, 5) is 37.6. The number of carbonyl (C=O) groups is 3. The summed E-state index contributed by atoms with van der Waals surface area (Å²) in [7, 11) is 0. The first-order valence-electron chi connectivity index (χ1n) is 11.1. The van der Waals surface area contributed by atoms with Gasteiger partial charge in [-0.2, -0.15) is 0 Å². The maximum absolute atomic E-state index is 12.9. The lowest BCUT2D eigenvalue weighted by Crippen LogP contribution is -2.61. The van der Waals surface area contributed by atoms with Gasteiger partial charge in [-0.15, -0.1) is 0 Å². The second-order valence-corrected chi connectivity index (χ2v) is 8.76. The summed E-state index contributed by atoms with van der Waals surface area (Å²) < 4.78 is 10.8. The van der Waals surface area contributed by atoms with Crippen molar-refractivity contribution in [3.63, 3.8) is 0 Å². The maximum Gasteiger partial charge on any atom is 0.407 e. The Kier molecular flexibility index (Phi) is 6.65. The molecule has 1 saturated heterocycles. The molecule has 1 aliphatic carbocycles. The minimum absolute atomic E-state index is 0.0566. The highest BCUT2D eigenvalue weighted by molar-refractivity contribution is 5.86. The Hall–Kier alpha value is -3.39. The summed E-state index contributed by atoms with van der Waals surface area (Å²) in [6.07, 6.45) is -0.935. The van der Waals surface area contributed by atoms with Gasteiger partial charge in [-0.05, 0) is 28.2 Å². The van der Waals surface area contributed by atoms with Crippen LogP contribution >= 0.6 is 0 Å². The van der Waals surface area contributed by atoms with Crippen LogP contribution in [0.4, 0.5) is 4.79 Å². The molecule has 8 heteroatoms. The summed E-state index contributed by atoms with van der Waals surface area (Å²) in [5.41, 5.74) is 4.54. The van der Waals surface area contributed by atoms with E-state index in [1.54, 1.807) is 4.90 Å². The summed E-state index contributed by atoms with van der Waals surface area (Å²) in [5, 5.41) is 11.4. The Bertz CT molecular complexity index is 1000. The van der Waals surface area contributed by atoms with Gasteiger partial charge in [-0.25, -0.2) is 9.59 Å². The average molecular weight is 453 g/mol. The van der Waals surface area contributed by atoms with Crippen molar-refractivity contribution in [2.75, 3.05) is 26.3 Å². The Morgan fingerprint density at radius 2 is 1.61 bits per heavy atom. The fourth-order valence-corrected chi connectivity index (χ4v) is 4.39.